The highest BCUT2D eigenvalue weighted by molar-refractivity contribution is 5.95. The third-order valence-electron chi connectivity index (χ3n) is 7.07. The Balaban J connectivity index is 1.66. The van der Waals surface area contributed by atoms with Gasteiger partial charge >= 0.3 is 6.09 Å². The Morgan fingerprint density at radius 1 is 1.16 bits per heavy atom. The molecule has 0 aliphatic carbocycles. The van der Waals surface area contributed by atoms with E-state index in [2.05, 4.69) is 66.2 Å². The Kier molecular flexibility index (Phi) is 5.64. The fourth-order valence-electron chi connectivity index (χ4n) is 5.47. The molecule has 0 unspecified atom stereocenters. The van der Waals surface area contributed by atoms with Gasteiger partial charge in [0.05, 0.1) is 23.8 Å². The summed E-state index contributed by atoms with van der Waals surface area (Å²) in [5.74, 6) is 1.11. The van der Waals surface area contributed by atoms with Crippen LogP contribution in [0.25, 0.3) is 11.0 Å². The van der Waals surface area contributed by atoms with Gasteiger partial charge in [0.1, 0.15) is 5.82 Å². The number of aryl methyl sites for hydroxylation is 1. The molecule has 5 rings (SSSR count). The second-order valence-corrected chi connectivity index (χ2v) is 9.25. The number of ether oxygens (including phenoxy) is 1. The Morgan fingerprint density at radius 3 is 2.72 bits per heavy atom. The van der Waals surface area contributed by atoms with Crippen LogP contribution in [0, 0.1) is 0 Å². The molecule has 3 heterocycles. The van der Waals surface area contributed by atoms with Gasteiger partial charge in [-0.05, 0) is 63.8 Å². The van der Waals surface area contributed by atoms with Crippen LogP contribution in [-0.4, -0.2) is 41.4 Å². The molecule has 0 bridgehead atoms. The lowest BCUT2D eigenvalue weighted by Crippen LogP contribution is -2.42. The summed E-state index contributed by atoms with van der Waals surface area (Å²) in [5.41, 5.74) is 5.61. The van der Waals surface area contributed by atoms with Crippen molar-refractivity contribution in [3.63, 3.8) is 0 Å². The summed E-state index contributed by atoms with van der Waals surface area (Å²) >= 11 is 0. The number of hydrogen-bond acceptors (Lipinski definition) is 4. The summed E-state index contributed by atoms with van der Waals surface area (Å²) in [6, 6.07) is 15.9. The third-order valence-corrected chi connectivity index (χ3v) is 7.07. The van der Waals surface area contributed by atoms with Gasteiger partial charge in [-0.15, -0.1) is 0 Å². The molecule has 2 aromatic carbocycles. The Bertz CT molecular complexity index is 1120. The first kappa shape index (κ1) is 21.0. The highest BCUT2D eigenvalue weighted by atomic mass is 16.5. The minimum absolute atomic E-state index is 0.114. The zero-order valence-electron chi connectivity index (χ0n) is 19.2. The van der Waals surface area contributed by atoms with Crippen molar-refractivity contribution in [1.29, 1.82) is 0 Å². The number of anilines is 1. The predicted octanol–water partition coefficient (Wildman–Crippen LogP) is 4.85. The van der Waals surface area contributed by atoms with Gasteiger partial charge in [-0.25, -0.2) is 9.78 Å². The minimum atomic E-state index is -0.297. The molecule has 1 amide bonds. The van der Waals surface area contributed by atoms with Crippen LogP contribution in [0.5, 0.6) is 0 Å². The van der Waals surface area contributed by atoms with Crippen LogP contribution in [0.1, 0.15) is 56.1 Å². The molecule has 2 aliphatic rings. The van der Waals surface area contributed by atoms with Crippen molar-refractivity contribution >= 4 is 22.8 Å². The second kappa shape index (κ2) is 8.58. The molecule has 1 fully saturated rings. The maximum absolute atomic E-state index is 12.5. The molecule has 3 atom stereocenters. The van der Waals surface area contributed by atoms with E-state index in [9.17, 15) is 4.79 Å². The van der Waals surface area contributed by atoms with Crippen molar-refractivity contribution < 1.29 is 9.53 Å². The molecule has 2 aliphatic heterocycles. The van der Waals surface area contributed by atoms with Crippen molar-refractivity contribution in [3.8, 4) is 0 Å². The van der Waals surface area contributed by atoms with Gasteiger partial charge in [-0.3, -0.25) is 4.90 Å². The van der Waals surface area contributed by atoms with Crippen LogP contribution in [0.4, 0.5) is 10.5 Å². The number of amides is 1. The average Bonchev–Trinajstić information content (AvgIpc) is 3.17. The van der Waals surface area contributed by atoms with E-state index in [-0.39, 0.29) is 12.1 Å². The lowest BCUT2D eigenvalue weighted by atomic mass is 9.95. The monoisotopic (exact) mass is 432 g/mol. The number of benzene rings is 2. The summed E-state index contributed by atoms with van der Waals surface area (Å²) in [5, 5.41) is 3.58. The first-order valence-corrected chi connectivity index (χ1v) is 11.7. The Hall–Kier alpha value is -2.86. The molecule has 3 aromatic rings. The van der Waals surface area contributed by atoms with Gasteiger partial charge in [-0.1, -0.05) is 30.3 Å². The summed E-state index contributed by atoms with van der Waals surface area (Å²) < 4.78 is 7.58. The van der Waals surface area contributed by atoms with E-state index < -0.39 is 0 Å². The quantitative estimate of drug-likeness (QED) is 0.643. The number of imidazole rings is 1. The summed E-state index contributed by atoms with van der Waals surface area (Å²) in [4.78, 5) is 19.6. The zero-order chi connectivity index (χ0) is 22.2. The first-order chi connectivity index (χ1) is 15.6. The fraction of sp³-hybridized carbons (Fsp3) is 0.462. The number of fused-ring (bicyclic) bond motifs is 3. The van der Waals surface area contributed by atoms with Crippen LogP contribution in [-0.2, 0) is 17.6 Å². The fourth-order valence-corrected chi connectivity index (χ4v) is 5.47. The van der Waals surface area contributed by atoms with E-state index in [0.717, 1.165) is 55.7 Å². The average molecular weight is 433 g/mol. The number of piperidine rings is 1. The molecular weight excluding hydrogens is 400 g/mol. The molecule has 0 radical (unpaired) electrons. The van der Waals surface area contributed by atoms with Crippen molar-refractivity contribution in [2.45, 2.75) is 64.1 Å². The van der Waals surface area contributed by atoms with E-state index in [0.29, 0.717) is 12.1 Å². The molecule has 0 saturated carbocycles. The Morgan fingerprint density at radius 2 is 1.97 bits per heavy atom. The van der Waals surface area contributed by atoms with Crippen LogP contribution in [0.3, 0.4) is 0 Å². The van der Waals surface area contributed by atoms with E-state index >= 15 is 0 Å². The summed E-state index contributed by atoms with van der Waals surface area (Å²) in [6.45, 7) is 5.37. The molecule has 1 aromatic heterocycles. The normalized spacial score (nSPS) is 23.2. The van der Waals surface area contributed by atoms with Crippen LogP contribution >= 0.6 is 0 Å². The second-order valence-electron chi connectivity index (χ2n) is 9.25. The van der Waals surface area contributed by atoms with Crippen molar-refractivity contribution in [2.24, 2.45) is 0 Å². The SMILES string of the molecule is COC(=O)N1c2ccc3c(nc(Cc4ccccc4)n3[C@H]3CCN[C@@H](C)C3)c2CC[C@@H]1C. The van der Waals surface area contributed by atoms with E-state index in [4.69, 9.17) is 9.72 Å². The molecule has 168 valence electrons. The van der Waals surface area contributed by atoms with Gasteiger partial charge in [0.2, 0.25) is 0 Å². The number of nitrogens with zero attached hydrogens (tertiary/aromatic N) is 3. The maximum Gasteiger partial charge on any atom is 0.414 e. The summed E-state index contributed by atoms with van der Waals surface area (Å²) in [6.07, 6.45) is 4.53. The van der Waals surface area contributed by atoms with Crippen LogP contribution in [0.15, 0.2) is 42.5 Å². The topological polar surface area (TPSA) is 59.4 Å². The number of aromatic nitrogens is 2. The number of carbonyl (C=O) groups excluding carboxylic acids is 1. The largest absolute Gasteiger partial charge is 0.452 e. The summed E-state index contributed by atoms with van der Waals surface area (Å²) in [7, 11) is 1.45. The molecule has 6 heteroatoms. The zero-order valence-corrected chi connectivity index (χ0v) is 19.2. The number of hydrogen-bond donors (Lipinski definition) is 1. The molecule has 0 spiro atoms. The van der Waals surface area contributed by atoms with E-state index in [1.54, 1.807) is 4.90 Å². The minimum Gasteiger partial charge on any atom is -0.452 e. The van der Waals surface area contributed by atoms with Gasteiger partial charge in [0.15, 0.2) is 0 Å². The van der Waals surface area contributed by atoms with Gasteiger partial charge in [0, 0.05) is 30.1 Å². The van der Waals surface area contributed by atoms with Crippen molar-refractivity contribution in [1.82, 2.24) is 14.9 Å². The number of nitrogens with one attached hydrogen (secondary N) is 1. The predicted molar refractivity (Wildman–Crippen MR) is 127 cm³/mol. The lowest BCUT2D eigenvalue weighted by Gasteiger charge is -2.34. The van der Waals surface area contributed by atoms with Crippen molar-refractivity contribution in [3.05, 3.63) is 59.4 Å². The molecule has 1 saturated heterocycles. The number of methoxy groups -OCH3 is 1. The third kappa shape index (κ3) is 3.66. The Labute approximate surface area is 189 Å². The van der Waals surface area contributed by atoms with Crippen LogP contribution < -0.4 is 10.2 Å². The highest BCUT2D eigenvalue weighted by Crippen LogP contribution is 2.38. The van der Waals surface area contributed by atoms with Crippen molar-refractivity contribution in [2.75, 3.05) is 18.6 Å². The van der Waals surface area contributed by atoms with Crippen LogP contribution in [0.2, 0.25) is 0 Å². The van der Waals surface area contributed by atoms with Gasteiger partial charge in [0.25, 0.3) is 0 Å². The smallest absolute Gasteiger partial charge is 0.414 e. The molecule has 32 heavy (non-hydrogen) atoms. The highest BCUT2D eigenvalue weighted by Gasteiger charge is 2.32. The molecule has 1 N–H and O–H groups in total. The van der Waals surface area contributed by atoms with E-state index in [1.165, 1.54) is 23.8 Å². The van der Waals surface area contributed by atoms with Gasteiger partial charge < -0.3 is 14.6 Å². The van der Waals surface area contributed by atoms with E-state index in [1.807, 2.05) is 0 Å². The number of carbonyl (C=O) groups is 1. The standard InChI is InChI=1S/C26H32N4O2/c1-17-15-20(13-14-27-17)30-23-12-11-22-21(10-9-18(2)29(22)26(31)32-3)25(23)28-24(30)16-19-7-5-4-6-8-19/h4-8,11-12,17-18,20,27H,9-10,13-16H2,1-3H3/t17-,18-,20-/m0/s1. The lowest BCUT2D eigenvalue weighted by molar-refractivity contribution is 0.175. The van der Waals surface area contributed by atoms with Gasteiger partial charge in [-0.2, -0.15) is 0 Å². The first-order valence-electron chi connectivity index (χ1n) is 11.7. The maximum atomic E-state index is 12.5. The molecule has 6 nitrogen and oxygen atoms in total. The number of rotatable bonds is 3. The molecular formula is C26H32N4O2.